The SMILES string of the molecule is CC(=O)Nc1ccc(NC(=O)COC(=O)CCSc2ccc(F)cc2)cc1. The second-order valence-electron chi connectivity index (χ2n) is 5.52. The van der Waals surface area contributed by atoms with E-state index in [2.05, 4.69) is 10.6 Å². The van der Waals surface area contributed by atoms with Crippen LogP contribution < -0.4 is 10.6 Å². The van der Waals surface area contributed by atoms with Crippen molar-refractivity contribution in [2.24, 2.45) is 0 Å². The molecule has 0 unspecified atom stereocenters. The van der Waals surface area contributed by atoms with Crippen LogP contribution in [0.5, 0.6) is 0 Å². The largest absolute Gasteiger partial charge is 0.456 e. The Morgan fingerprint density at radius 2 is 1.56 bits per heavy atom. The summed E-state index contributed by atoms with van der Waals surface area (Å²) in [5.74, 6) is -0.968. The van der Waals surface area contributed by atoms with E-state index in [-0.39, 0.29) is 24.8 Å². The van der Waals surface area contributed by atoms with Crippen LogP contribution in [0.1, 0.15) is 13.3 Å². The van der Waals surface area contributed by atoms with Crippen molar-refractivity contribution < 1.29 is 23.5 Å². The van der Waals surface area contributed by atoms with Gasteiger partial charge in [0.15, 0.2) is 6.61 Å². The van der Waals surface area contributed by atoms with Crippen molar-refractivity contribution in [3.8, 4) is 0 Å². The Morgan fingerprint density at radius 3 is 2.15 bits per heavy atom. The summed E-state index contributed by atoms with van der Waals surface area (Å²) in [6.45, 7) is 1.02. The van der Waals surface area contributed by atoms with Crippen molar-refractivity contribution in [1.82, 2.24) is 0 Å². The third-order valence-corrected chi connectivity index (χ3v) is 4.26. The average molecular weight is 390 g/mol. The van der Waals surface area contributed by atoms with Crippen molar-refractivity contribution in [2.75, 3.05) is 23.0 Å². The first-order valence-corrected chi connectivity index (χ1v) is 9.12. The van der Waals surface area contributed by atoms with Crippen molar-refractivity contribution in [2.45, 2.75) is 18.2 Å². The molecule has 0 atom stereocenters. The molecule has 2 amide bonds. The lowest BCUT2D eigenvalue weighted by Crippen LogP contribution is -2.21. The molecule has 0 heterocycles. The normalized spacial score (nSPS) is 10.1. The summed E-state index contributed by atoms with van der Waals surface area (Å²) in [7, 11) is 0. The van der Waals surface area contributed by atoms with Gasteiger partial charge in [0.1, 0.15) is 5.82 Å². The van der Waals surface area contributed by atoms with Crippen molar-refractivity contribution in [1.29, 1.82) is 0 Å². The molecule has 0 fully saturated rings. The van der Waals surface area contributed by atoms with E-state index < -0.39 is 11.9 Å². The van der Waals surface area contributed by atoms with E-state index in [0.717, 1.165) is 4.90 Å². The van der Waals surface area contributed by atoms with Gasteiger partial charge in [0, 0.05) is 28.9 Å². The summed E-state index contributed by atoms with van der Waals surface area (Å²) >= 11 is 1.40. The molecule has 0 saturated heterocycles. The maximum absolute atomic E-state index is 12.8. The summed E-state index contributed by atoms with van der Waals surface area (Å²) in [6, 6.07) is 12.5. The van der Waals surface area contributed by atoms with Gasteiger partial charge in [-0.25, -0.2) is 4.39 Å². The van der Waals surface area contributed by atoms with Gasteiger partial charge in [0.25, 0.3) is 5.91 Å². The fourth-order valence-electron chi connectivity index (χ4n) is 2.04. The quantitative estimate of drug-likeness (QED) is 0.533. The molecule has 0 radical (unpaired) electrons. The zero-order chi connectivity index (χ0) is 19.6. The number of rotatable bonds is 8. The predicted octanol–water partition coefficient (Wildman–Crippen LogP) is 3.45. The van der Waals surface area contributed by atoms with Crippen LogP contribution in [0.25, 0.3) is 0 Å². The van der Waals surface area contributed by atoms with Crippen LogP contribution in [-0.4, -0.2) is 30.1 Å². The minimum atomic E-state index is -0.485. The third-order valence-electron chi connectivity index (χ3n) is 3.24. The molecular weight excluding hydrogens is 371 g/mol. The van der Waals surface area contributed by atoms with Crippen molar-refractivity contribution in [3.63, 3.8) is 0 Å². The number of hydrogen-bond donors (Lipinski definition) is 2. The highest BCUT2D eigenvalue weighted by molar-refractivity contribution is 7.99. The van der Waals surface area contributed by atoms with Crippen molar-refractivity contribution in [3.05, 3.63) is 54.3 Å². The molecule has 0 aliphatic rings. The number of esters is 1. The molecule has 2 aromatic rings. The standard InChI is InChI=1S/C19H19FN2O4S/c1-13(23)21-15-4-6-16(7-5-15)22-18(24)12-26-19(25)10-11-27-17-8-2-14(20)3-9-17/h2-9H,10-12H2,1H3,(H,21,23)(H,22,24). The van der Waals surface area contributed by atoms with Crippen LogP contribution in [0.15, 0.2) is 53.4 Å². The third kappa shape index (κ3) is 7.91. The Kier molecular flexibility index (Phi) is 7.81. The summed E-state index contributed by atoms with van der Waals surface area (Å²) in [5.41, 5.74) is 1.14. The first-order valence-electron chi connectivity index (χ1n) is 8.14. The average Bonchev–Trinajstić information content (AvgIpc) is 2.63. The van der Waals surface area contributed by atoms with Crippen LogP contribution in [-0.2, 0) is 19.1 Å². The minimum Gasteiger partial charge on any atom is -0.456 e. The number of hydrogen-bond acceptors (Lipinski definition) is 5. The van der Waals surface area contributed by atoms with Gasteiger partial charge in [-0.3, -0.25) is 14.4 Å². The number of thioether (sulfide) groups is 1. The van der Waals surface area contributed by atoms with Crippen LogP contribution in [0, 0.1) is 5.82 Å². The summed E-state index contributed by atoms with van der Waals surface area (Å²) < 4.78 is 17.7. The van der Waals surface area contributed by atoms with Gasteiger partial charge in [-0.05, 0) is 48.5 Å². The number of amides is 2. The first-order chi connectivity index (χ1) is 12.9. The van der Waals surface area contributed by atoms with Crippen LogP contribution >= 0.6 is 11.8 Å². The molecule has 0 aromatic heterocycles. The molecule has 0 aliphatic heterocycles. The van der Waals surface area contributed by atoms with Crippen molar-refractivity contribution >= 4 is 40.9 Å². The van der Waals surface area contributed by atoms with E-state index in [0.29, 0.717) is 17.1 Å². The topological polar surface area (TPSA) is 84.5 Å². The smallest absolute Gasteiger partial charge is 0.307 e. The van der Waals surface area contributed by atoms with Gasteiger partial charge in [-0.1, -0.05) is 0 Å². The number of benzene rings is 2. The van der Waals surface area contributed by atoms with Crippen LogP contribution in [0.4, 0.5) is 15.8 Å². The highest BCUT2D eigenvalue weighted by atomic mass is 32.2. The second-order valence-corrected chi connectivity index (χ2v) is 6.69. The van der Waals surface area contributed by atoms with E-state index in [4.69, 9.17) is 4.74 Å². The fourth-order valence-corrected chi connectivity index (χ4v) is 2.87. The molecule has 0 bridgehead atoms. The lowest BCUT2D eigenvalue weighted by molar-refractivity contribution is -0.146. The summed E-state index contributed by atoms with van der Waals surface area (Å²) in [4.78, 5) is 35.3. The molecule has 8 heteroatoms. The number of halogens is 1. The Balaban J connectivity index is 1.66. The van der Waals surface area contributed by atoms with Crippen LogP contribution in [0.3, 0.4) is 0 Å². The maximum atomic E-state index is 12.8. The Labute approximate surface area is 160 Å². The van der Waals surface area contributed by atoms with Gasteiger partial charge < -0.3 is 15.4 Å². The first kappa shape index (κ1) is 20.4. The molecule has 0 saturated carbocycles. The van der Waals surface area contributed by atoms with E-state index in [1.54, 1.807) is 36.4 Å². The highest BCUT2D eigenvalue weighted by Gasteiger charge is 2.08. The van der Waals surface area contributed by atoms with E-state index in [9.17, 15) is 18.8 Å². The van der Waals surface area contributed by atoms with E-state index in [1.165, 1.54) is 30.8 Å². The lowest BCUT2D eigenvalue weighted by Gasteiger charge is -2.08. The number of carbonyl (C=O) groups excluding carboxylic acids is 3. The molecular formula is C19H19FN2O4S. The number of nitrogens with one attached hydrogen (secondary N) is 2. The molecule has 2 N–H and O–H groups in total. The zero-order valence-corrected chi connectivity index (χ0v) is 15.5. The number of anilines is 2. The van der Waals surface area contributed by atoms with Gasteiger partial charge >= 0.3 is 5.97 Å². The number of ether oxygens (including phenoxy) is 1. The van der Waals surface area contributed by atoms with E-state index >= 15 is 0 Å². The monoisotopic (exact) mass is 390 g/mol. The molecule has 2 rings (SSSR count). The van der Waals surface area contributed by atoms with E-state index in [1.807, 2.05) is 0 Å². The maximum Gasteiger partial charge on any atom is 0.307 e. The molecule has 142 valence electrons. The lowest BCUT2D eigenvalue weighted by atomic mass is 10.2. The summed E-state index contributed by atoms with van der Waals surface area (Å²) in [6.07, 6.45) is 0.140. The van der Waals surface area contributed by atoms with Crippen LogP contribution in [0.2, 0.25) is 0 Å². The molecule has 2 aromatic carbocycles. The van der Waals surface area contributed by atoms with Gasteiger partial charge in [-0.2, -0.15) is 0 Å². The Hall–Kier alpha value is -2.87. The Bertz CT molecular complexity index is 794. The number of carbonyl (C=O) groups is 3. The predicted molar refractivity (Wildman–Crippen MR) is 102 cm³/mol. The zero-order valence-electron chi connectivity index (χ0n) is 14.7. The minimum absolute atomic E-state index is 0.140. The molecule has 0 spiro atoms. The summed E-state index contributed by atoms with van der Waals surface area (Å²) in [5, 5.41) is 5.21. The van der Waals surface area contributed by atoms with Gasteiger partial charge in [-0.15, -0.1) is 11.8 Å². The fraction of sp³-hybridized carbons (Fsp3) is 0.211. The molecule has 27 heavy (non-hydrogen) atoms. The second kappa shape index (κ2) is 10.3. The van der Waals surface area contributed by atoms with Gasteiger partial charge in [0.05, 0.1) is 6.42 Å². The highest BCUT2D eigenvalue weighted by Crippen LogP contribution is 2.19. The Morgan fingerprint density at radius 1 is 0.963 bits per heavy atom. The molecule has 0 aliphatic carbocycles. The molecule has 6 nitrogen and oxygen atoms in total. The van der Waals surface area contributed by atoms with Gasteiger partial charge in [0.2, 0.25) is 5.91 Å².